The van der Waals surface area contributed by atoms with E-state index in [2.05, 4.69) is 0 Å². The van der Waals surface area contributed by atoms with Gasteiger partial charge in [0.1, 0.15) is 11.5 Å². The Balaban J connectivity index is 1.29. The monoisotopic (exact) mass is 674 g/mol. The van der Waals surface area contributed by atoms with E-state index < -0.39 is 23.5 Å². The third kappa shape index (κ3) is 6.81. The molecule has 0 bridgehead atoms. The summed E-state index contributed by atoms with van der Waals surface area (Å²) in [6.45, 7) is 3.63. The van der Waals surface area contributed by atoms with Gasteiger partial charge in [-0.1, -0.05) is 77.8 Å². The van der Waals surface area contributed by atoms with Crippen molar-refractivity contribution in [2.24, 2.45) is 0 Å². The van der Waals surface area contributed by atoms with Crippen LogP contribution in [0.2, 0.25) is 10.0 Å². The van der Waals surface area contributed by atoms with E-state index >= 15 is 0 Å². The van der Waals surface area contributed by atoms with Gasteiger partial charge in [0.2, 0.25) is 0 Å². The molecule has 0 N–H and O–H groups in total. The van der Waals surface area contributed by atoms with Crippen molar-refractivity contribution in [1.29, 1.82) is 0 Å². The first-order valence-electron chi connectivity index (χ1n) is 15.0. The lowest BCUT2D eigenvalue weighted by Crippen LogP contribution is -2.30. The first-order chi connectivity index (χ1) is 23.1. The van der Waals surface area contributed by atoms with Crippen LogP contribution in [-0.2, 0) is 19.9 Å². The summed E-state index contributed by atoms with van der Waals surface area (Å²) in [5.74, 6) is -0.829. The fourth-order valence-corrected chi connectivity index (χ4v) is 5.79. The van der Waals surface area contributed by atoms with Crippen LogP contribution in [0.4, 0.5) is 0 Å². The second kappa shape index (κ2) is 13.7. The van der Waals surface area contributed by atoms with Crippen LogP contribution in [0, 0.1) is 13.8 Å². The quantitative estimate of drug-likeness (QED) is 0.0927. The summed E-state index contributed by atoms with van der Waals surface area (Å²) in [6.07, 6.45) is 5.98. The predicted octanol–water partition coefficient (Wildman–Crippen LogP) is 9.31. The molecule has 0 aromatic heterocycles. The van der Waals surface area contributed by atoms with Crippen molar-refractivity contribution in [2.75, 3.05) is 0 Å². The molecule has 0 aliphatic carbocycles. The minimum Gasteiger partial charge on any atom is -0.441 e. The molecular formula is C40H28Cl2O6. The van der Waals surface area contributed by atoms with Gasteiger partial charge in [-0.05, 0) is 103 Å². The fraction of sp³-hybridized carbons (Fsp3) is 0.0750. The smallest absolute Gasteiger partial charge is 0.340 e. The molecule has 0 radical (unpaired) electrons. The number of ether oxygens (including phenoxy) is 3. The van der Waals surface area contributed by atoms with Gasteiger partial charge in [-0.25, -0.2) is 14.4 Å². The van der Waals surface area contributed by atoms with Crippen LogP contribution in [0.5, 0.6) is 11.5 Å². The van der Waals surface area contributed by atoms with E-state index in [9.17, 15) is 14.4 Å². The zero-order chi connectivity index (χ0) is 33.8. The number of hydrogen-bond acceptors (Lipinski definition) is 6. The Morgan fingerprint density at radius 2 is 1.10 bits per heavy atom. The highest BCUT2D eigenvalue weighted by Crippen LogP contribution is 2.48. The molecule has 8 heteroatoms. The molecule has 0 atom stereocenters. The number of halogens is 2. The number of cyclic esters (lactones) is 1. The molecule has 6 rings (SSSR count). The van der Waals surface area contributed by atoms with Crippen molar-refractivity contribution in [1.82, 2.24) is 0 Å². The summed E-state index contributed by atoms with van der Waals surface area (Å²) in [5, 5.41) is 1.21. The van der Waals surface area contributed by atoms with E-state index in [4.69, 9.17) is 37.4 Å². The summed E-state index contributed by atoms with van der Waals surface area (Å²) in [7, 11) is 0. The number of carbonyl (C=O) groups is 3. The number of rotatable bonds is 8. The molecule has 238 valence electrons. The summed E-state index contributed by atoms with van der Waals surface area (Å²) >= 11 is 11.9. The number of carbonyl (C=O) groups excluding carboxylic acids is 3. The first-order valence-corrected chi connectivity index (χ1v) is 15.7. The normalized spacial score (nSPS) is 13.4. The van der Waals surface area contributed by atoms with E-state index in [1.54, 1.807) is 97.1 Å². The molecule has 5 aromatic carbocycles. The molecule has 0 amide bonds. The maximum Gasteiger partial charge on any atom is 0.340 e. The van der Waals surface area contributed by atoms with Crippen LogP contribution < -0.4 is 9.47 Å². The molecule has 0 saturated carbocycles. The van der Waals surface area contributed by atoms with Crippen molar-refractivity contribution in [3.8, 4) is 11.5 Å². The number of fused-ring (bicyclic) bond motifs is 1. The lowest BCUT2D eigenvalue weighted by Gasteiger charge is -2.31. The van der Waals surface area contributed by atoms with Crippen LogP contribution in [0.1, 0.15) is 49.3 Å². The van der Waals surface area contributed by atoms with Crippen LogP contribution in [0.3, 0.4) is 0 Å². The van der Waals surface area contributed by atoms with E-state index in [0.29, 0.717) is 54.9 Å². The maximum absolute atomic E-state index is 13.2. The molecule has 0 fully saturated rings. The number of hydrogen-bond donors (Lipinski definition) is 0. The maximum atomic E-state index is 13.2. The topological polar surface area (TPSA) is 78.9 Å². The van der Waals surface area contributed by atoms with Crippen molar-refractivity contribution in [2.45, 2.75) is 19.4 Å². The van der Waals surface area contributed by atoms with Gasteiger partial charge in [0.15, 0.2) is 5.60 Å². The Labute approximate surface area is 287 Å². The number of esters is 3. The zero-order valence-electron chi connectivity index (χ0n) is 25.9. The molecule has 0 unspecified atom stereocenters. The molecule has 5 aromatic rings. The minimum absolute atomic E-state index is 0.363. The van der Waals surface area contributed by atoms with E-state index in [1.807, 2.05) is 38.1 Å². The summed E-state index contributed by atoms with van der Waals surface area (Å²) < 4.78 is 17.5. The minimum atomic E-state index is -1.31. The van der Waals surface area contributed by atoms with Gasteiger partial charge in [-0.2, -0.15) is 0 Å². The number of benzene rings is 5. The first kappa shape index (κ1) is 32.5. The summed E-state index contributed by atoms with van der Waals surface area (Å²) in [4.78, 5) is 38.6. The average molecular weight is 676 g/mol. The Morgan fingerprint density at radius 3 is 1.56 bits per heavy atom. The van der Waals surface area contributed by atoms with Crippen molar-refractivity contribution in [3.05, 3.63) is 176 Å². The summed E-state index contributed by atoms with van der Waals surface area (Å²) in [5.41, 5.74) is 4.05. The van der Waals surface area contributed by atoms with Gasteiger partial charge in [-0.15, -0.1) is 0 Å². The third-order valence-corrected chi connectivity index (χ3v) is 8.42. The Bertz CT molecular complexity index is 1980. The molecule has 48 heavy (non-hydrogen) atoms. The van der Waals surface area contributed by atoms with Crippen LogP contribution in [-0.4, -0.2) is 17.9 Å². The summed E-state index contributed by atoms with van der Waals surface area (Å²) in [6, 6.07) is 32.0. The largest absolute Gasteiger partial charge is 0.441 e. The third-order valence-electron chi connectivity index (χ3n) is 7.92. The number of aryl methyl sites for hydroxylation is 2. The molecule has 0 saturated heterocycles. The highest BCUT2D eigenvalue weighted by molar-refractivity contribution is 6.30. The van der Waals surface area contributed by atoms with Crippen LogP contribution in [0.15, 0.2) is 121 Å². The van der Waals surface area contributed by atoms with Gasteiger partial charge in [0.05, 0.1) is 5.56 Å². The molecule has 6 nitrogen and oxygen atoms in total. The Kier molecular flexibility index (Phi) is 9.30. The highest BCUT2D eigenvalue weighted by atomic mass is 35.5. The van der Waals surface area contributed by atoms with E-state index in [1.165, 1.54) is 12.2 Å². The highest BCUT2D eigenvalue weighted by Gasteiger charge is 2.48. The lowest BCUT2D eigenvalue weighted by molar-refractivity contribution is -0.129. The Morgan fingerprint density at radius 1 is 0.646 bits per heavy atom. The lowest BCUT2D eigenvalue weighted by atomic mass is 9.79. The van der Waals surface area contributed by atoms with Gasteiger partial charge in [0, 0.05) is 38.9 Å². The van der Waals surface area contributed by atoms with Crippen LogP contribution >= 0.6 is 23.2 Å². The van der Waals surface area contributed by atoms with Gasteiger partial charge in [0.25, 0.3) is 0 Å². The second-order valence-electron chi connectivity index (χ2n) is 11.2. The van der Waals surface area contributed by atoms with Crippen LogP contribution in [0.25, 0.3) is 12.2 Å². The van der Waals surface area contributed by atoms with Gasteiger partial charge in [-0.3, -0.25) is 0 Å². The van der Waals surface area contributed by atoms with E-state index in [-0.39, 0.29) is 0 Å². The molecule has 1 aliphatic rings. The molecular weight excluding hydrogens is 647 g/mol. The standard InChI is InChI=1S/C40H28Cl2O6/c1-25-23-29(13-19-35(25)46-37(43)21-11-27-7-15-31(41)16-8-27)40(34-6-4-3-5-33(34)39(45)48-40)30-14-20-36(26(2)24-30)47-38(44)22-12-28-9-17-32(42)18-10-28/h3-24H,1-2H3/b21-11+,22-12+. The molecule has 1 aliphatic heterocycles. The zero-order valence-corrected chi connectivity index (χ0v) is 27.4. The van der Waals surface area contributed by atoms with Crippen molar-refractivity contribution in [3.63, 3.8) is 0 Å². The average Bonchev–Trinajstić information content (AvgIpc) is 3.39. The van der Waals surface area contributed by atoms with E-state index in [0.717, 1.165) is 11.1 Å². The van der Waals surface area contributed by atoms with Crippen molar-refractivity contribution >= 4 is 53.3 Å². The second-order valence-corrected chi connectivity index (χ2v) is 12.1. The van der Waals surface area contributed by atoms with Gasteiger partial charge >= 0.3 is 17.9 Å². The fourth-order valence-electron chi connectivity index (χ4n) is 5.54. The molecule has 0 spiro atoms. The van der Waals surface area contributed by atoms with Gasteiger partial charge < -0.3 is 14.2 Å². The Hall–Kier alpha value is -5.43. The van der Waals surface area contributed by atoms with Crippen molar-refractivity contribution < 1.29 is 28.6 Å². The SMILES string of the molecule is Cc1cc(C2(c3ccc(OC(=O)/C=C/c4ccc(Cl)cc4)c(C)c3)OC(=O)c3ccccc32)ccc1OC(=O)/C=C/c1ccc(Cl)cc1. The molecule has 1 heterocycles. The predicted molar refractivity (Wildman–Crippen MR) is 186 cm³/mol.